The molecule has 3 atom stereocenters. The Hall–Kier alpha value is -1.95. The first-order valence-corrected chi connectivity index (χ1v) is 17.5. The highest BCUT2D eigenvalue weighted by Crippen LogP contribution is 2.45. The number of ether oxygens (including phenoxy) is 2. The third-order valence-corrected chi connectivity index (χ3v) is 9.91. The number of hydrogen-bond acceptors (Lipinski definition) is 7. The van der Waals surface area contributed by atoms with E-state index < -0.39 is 37.3 Å². The number of nitrogens with two attached hydrogens (primary N) is 1. The Morgan fingerprint density at radius 1 is 1.19 bits per heavy atom. The molecule has 0 aromatic heterocycles. The number of rotatable bonds is 7. The highest BCUT2D eigenvalue weighted by atomic mass is 32.2. The van der Waals surface area contributed by atoms with Crippen molar-refractivity contribution >= 4 is 43.8 Å². The first-order valence-electron chi connectivity index (χ1n) is 12.8. The van der Waals surface area contributed by atoms with Crippen molar-refractivity contribution in [3.05, 3.63) is 0 Å². The van der Waals surface area contributed by atoms with E-state index >= 15 is 0 Å². The van der Waals surface area contributed by atoms with Crippen LogP contribution in [0, 0.1) is 5.92 Å². The second-order valence-corrected chi connectivity index (χ2v) is 19.2. The Bertz CT molecular complexity index is 868. The molecule has 0 spiro atoms. The normalized spacial score (nSPS) is 27.1. The molecule has 3 fully saturated rings. The van der Waals surface area contributed by atoms with Crippen LogP contribution in [-0.2, 0) is 19.1 Å². The zero-order valence-corrected chi connectivity index (χ0v) is 24.2. The molecule has 0 saturated carbocycles. The number of thioether (sulfide) groups is 1. The van der Waals surface area contributed by atoms with Gasteiger partial charge in [-0.15, -0.1) is 11.8 Å². The molecule has 3 saturated heterocycles. The van der Waals surface area contributed by atoms with Gasteiger partial charge in [-0.2, -0.15) is 0 Å². The van der Waals surface area contributed by atoms with E-state index in [0.29, 0.717) is 51.1 Å². The molecular weight excluding hydrogens is 500 g/mol. The highest BCUT2D eigenvalue weighted by molar-refractivity contribution is 8.00. The summed E-state index contributed by atoms with van der Waals surface area (Å²) in [7, 11) is -1.28. The van der Waals surface area contributed by atoms with Gasteiger partial charge in [0.2, 0.25) is 11.8 Å². The third-order valence-electron chi connectivity index (χ3n) is 6.92. The topological polar surface area (TPSA) is 131 Å². The zero-order valence-electron chi connectivity index (χ0n) is 22.4. The first kappa shape index (κ1) is 28.6. The summed E-state index contributed by atoms with van der Waals surface area (Å²) < 4.78 is 11.0. The summed E-state index contributed by atoms with van der Waals surface area (Å²) in [6.45, 7) is 13.6. The molecule has 0 bridgehead atoms. The molecule has 3 rings (SSSR count). The lowest BCUT2D eigenvalue weighted by Crippen LogP contribution is -2.58. The lowest BCUT2D eigenvalue weighted by molar-refractivity contribution is -0.139. The van der Waals surface area contributed by atoms with Crippen LogP contribution in [0.1, 0.15) is 46.5 Å². The van der Waals surface area contributed by atoms with Crippen LogP contribution in [0.5, 0.6) is 0 Å². The van der Waals surface area contributed by atoms with Gasteiger partial charge in [0, 0.05) is 33.3 Å². The lowest BCUT2D eigenvalue weighted by Gasteiger charge is -2.37. The van der Waals surface area contributed by atoms with Crippen LogP contribution in [0.25, 0.3) is 0 Å². The average molecular weight is 543 g/mol. The van der Waals surface area contributed by atoms with Crippen molar-refractivity contribution in [2.24, 2.45) is 11.7 Å². The van der Waals surface area contributed by atoms with Crippen molar-refractivity contribution in [1.82, 2.24) is 15.1 Å². The molecule has 0 aromatic carbocycles. The first-order chi connectivity index (χ1) is 16.6. The Labute approximate surface area is 219 Å². The summed E-state index contributed by atoms with van der Waals surface area (Å²) >= 11 is 1.52. The maximum Gasteiger partial charge on any atom is 0.409 e. The van der Waals surface area contributed by atoms with E-state index in [4.69, 9.17) is 15.2 Å². The molecule has 0 aromatic rings. The quantitative estimate of drug-likeness (QED) is 0.473. The molecule has 10 nitrogen and oxygen atoms in total. The maximum absolute atomic E-state index is 13.7. The minimum absolute atomic E-state index is 0.118. The fourth-order valence-electron chi connectivity index (χ4n) is 5.02. The number of carbonyl (C=O) groups excluding carboxylic acids is 4. The van der Waals surface area contributed by atoms with E-state index in [-0.39, 0.29) is 23.3 Å². The molecule has 3 aliphatic rings. The Balaban J connectivity index is 1.66. The van der Waals surface area contributed by atoms with Gasteiger partial charge in [-0.1, -0.05) is 19.6 Å². The highest BCUT2D eigenvalue weighted by Gasteiger charge is 2.59. The minimum Gasteiger partial charge on any atom is -0.450 e. The molecule has 0 unspecified atom stereocenters. The fraction of sp³-hybridized carbons (Fsp3) is 0.833. The predicted molar refractivity (Wildman–Crippen MR) is 141 cm³/mol. The van der Waals surface area contributed by atoms with Gasteiger partial charge in [0.15, 0.2) is 0 Å². The minimum atomic E-state index is -1.28. The van der Waals surface area contributed by atoms with Gasteiger partial charge >= 0.3 is 12.2 Å². The van der Waals surface area contributed by atoms with Gasteiger partial charge in [0.1, 0.15) is 17.2 Å². The van der Waals surface area contributed by atoms with Gasteiger partial charge < -0.3 is 30.3 Å². The van der Waals surface area contributed by atoms with Gasteiger partial charge in [0.05, 0.1) is 12.0 Å². The summed E-state index contributed by atoms with van der Waals surface area (Å²) in [4.78, 5) is 54.3. The number of amides is 4. The summed E-state index contributed by atoms with van der Waals surface area (Å²) in [5.74, 6) is -0.230. The molecule has 36 heavy (non-hydrogen) atoms. The number of nitrogens with zero attached hydrogens (tertiary/aromatic N) is 2. The SMILES string of the molecule is CC(C)(C)OC(=O)N[C@@]1(CC2CCN(C(=O)OCC[Si](C)(C)C)CC2)C[C@@H]2SC[C@@H](C(N)=O)N2C1=O. The van der Waals surface area contributed by atoms with Crippen LogP contribution >= 0.6 is 11.8 Å². The van der Waals surface area contributed by atoms with Gasteiger partial charge in [-0.3, -0.25) is 9.59 Å². The third kappa shape index (κ3) is 7.08. The van der Waals surface area contributed by atoms with Gasteiger partial charge in [-0.05, 0) is 52.0 Å². The van der Waals surface area contributed by atoms with Gasteiger partial charge in [-0.25, -0.2) is 9.59 Å². The maximum atomic E-state index is 13.7. The number of hydrogen-bond donors (Lipinski definition) is 2. The second kappa shape index (κ2) is 10.8. The van der Waals surface area contributed by atoms with E-state index in [2.05, 4.69) is 25.0 Å². The number of primary amides is 1. The largest absolute Gasteiger partial charge is 0.450 e. The molecule has 12 heteroatoms. The predicted octanol–water partition coefficient (Wildman–Crippen LogP) is 2.99. The van der Waals surface area contributed by atoms with Crippen molar-refractivity contribution < 1.29 is 28.7 Å². The average Bonchev–Trinajstić information content (AvgIpc) is 3.24. The number of likely N-dealkylation sites (tertiary alicyclic amines) is 1. The molecule has 3 heterocycles. The standard InChI is InChI=1S/C24H42N4O6SSi/c1-23(2,3)34-21(31)26-24(14-18-28(20(24)30)17(15-35-18)19(25)29)13-16-7-9-27(10-8-16)22(32)33-11-12-36(4,5)6/h16-18H,7-15H2,1-6H3,(H2,25,29)(H,26,31)/t17-,18-,24-/m0/s1. The number of carbonyl (C=O) groups is 4. The molecule has 4 amide bonds. The number of fused-ring (bicyclic) bond motifs is 1. The summed E-state index contributed by atoms with van der Waals surface area (Å²) in [5, 5.41) is 2.67. The molecule has 204 valence electrons. The summed E-state index contributed by atoms with van der Waals surface area (Å²) in [6.07, 6.45) is 1.27. The Morgan fingerprint density at radius 2 is 1.83 bits per heavy atom. The Kier molecular flexibility index (Phi) is 8.59. The van der Waals surface area contributed by atoms with Crippen LogP contribution in [0.3, 0.4) is 0 Å². The molecular formula is C24H42N4O6SSi. The number of piperidine rings is 1. The van der Waals surface area contributed by atoms with Crippen molar-refractivity contribution in [2.75, 3.05) is 25.4 Å². The number of alkyl carbamates (subject to hydrolysis) is 1. The lowest BCUT2D eigenvalue weighted by atomic mass is 9.81. The molecule has 3 aliphatic heterocycles. The van der Waals surface area contributed by atoms with Crippen LogP contribution < -0.4 is 11.1 Å². The van der Waals surface area contributed by atoms with E-state index in [1.165, 1.54) is 11.8 Å². The van der Waals surface area contributed by atoms with Crippen molar-refractivity contribution in [1.29, 1.82) is 0 Å². The zero-order chi connectivity index (χ0) is 26.9. The van der Waals surface area contributed by atoms with E-state index in [0.717, 1.165) is 6.04 Å². The fourth-order valence-corrected chi connectivity index (χ4v) is 7.27. The summed E-state index contributed by atoms with van der Waals surface area (Å²) in [6, 6.07) is 0.251. The van der Waals surface area contributed by atoms with Crippen LogP contribution in [0.4, 0.5) is 9.59 Å². The summed E-state index contributed by atoms with van der Waals surface area (Å²) in [5.41, 5.74) is 3.69. The number of nitrogens with one attached hydrogen (secondary N) is 1. The van der Waals surface area contributed by atoms with Crippen molar-refractivity contribution in [3.8, 4) is 0 Å². The van der Waals surface area contributed by atoms with Gasteiger partial charge in [0.25, 0.3) is 0 Å². The molecule has 0 aliphatic carbocycles. The van der Waals surface area contributed by atoms with E-state index in [9.17, 15) is 19.2 Å². The van der Waals surface area contributed by atoms with Crippen molar-refractivity contribution in [3.63, 3.8) is 0 Å². The smallest absolute Gasteiger partial charge is 0.409 e. The van der Waals surface area contributed by atoms with E-state index in [1.807, 2.05) is 0 Å². The van der Waals surface area contributed by atoms with Crippen LogP contribution in [0.2, 0.25) is 25.7 Å². The molecule has 0 radical (unpaired) electrons. The monoisotopic (exact) mass is 542 g/mol. The Morgan fingerprint density at radius 3 is 2.39 bits per heavy atom. The molecule has 3 N–H and O–H groups in total. The second-order valence-electron chi connectivity index (χ2n) is 12.4. The van der Waals surface area contributed by atoms with E-state index in [1.54, 1.807) is 30.6 Å². The van der Waals surface area contributed by atoms with Crippen molar-refractivity contribution in [2.45, 2.75) is 94.7 Å². The van der Waals surface area contributed by atoms with Crippen LogP contribution in [0.15, 0.2) is 0 Å². The van der Waals surface area contributed by atoms with Crippen LogP contribution in [-0.4, -0.2) is 89.9 Å².